The molecule has 1 N–H and O–H groups in total. The molecular weight excluding hydrogens is 337 g/mol. The van der Waals surface area contributed by atoms with E-state index in [1.165, 1.54) is 0 Å². The number of methoxy groups -OCH3 is 2. The summed E-state index contributed by atoms with van der Waals surface area (Å²) in [5.74, 6) is 0.818. The second-order valence-corrected chi connectivity index (χ2v) is 6.05. The molecule has 1 atom stereocenters. The molecule has 0 unspecified atom stereocenters. The van der Waals surface area contributed by atoms with Gasteiger partial charge < -0.3 is 14.8 Å². The summed E-state index contributed by atoms with van der Waals surface area (Å²) < 4.78 is 10.7. The fourth-order valence-electron chi connectivity index (χ4n) is 2.89. The molecule has 1 heterocycles. The van der Waals surface area contributed by atoms with Crippen LogP contribution in [0.25, 0.3) is 0 Å². The van der Waals surface area contributed by atoms with Gasteiger partial charge in [0.2, 0.25) is 5.91 Å². The number of rotatable bonds is 3. The Morgan fingerprint density at radius 1 is 1.09 bits per heavy atom. The van der Waals surface area contributed by atoms with Crippen molar-refractivity contribution in [1.29, 1.82) is 0 Å². The Balaban J connectivity index is 2.20. The van der Waals surface area contributed by atoms with Crippen molar-refractivity contribution >= 4 is 34.8 Å². The molecule has 1 aliphatic heterocycles. The number of fused-ring (bicyclic) bond motifs is 1. The molecule has 1 aliphatic rings. The SMILES string of the molecule is COc1cc2c(cc1OC)[C@@H](c1c(Cl)cccc1Cl)CC(=O)N2. The summed E-state index contributed by atoms with van der Waals surface area (Å²) >= 11 is 12.7. The van der Waals surface area contributed by atoms with Gasteiger partial charge in [-0.15, -0.1) is 0 Å². The Bertz CT molecular complexity index is 756. The number of benzene rings is 2. The van der Waals surface area contributed by atoms with Gasteiger partial charge in [-0.2, -0.15) is 0 Å². The Kier molecular flexibility index (Phi) is 4.37. The minimum absolute atomic E-state index is 0.0919. The summed E-state index contributed by atoms with van der Waals surface area (Å²) in [7, 11) is 3.13. The first-order valence-electron chi connectivity index (χ1n) is 7.04. The molecule has 0 spiro atoms. The van der Waals surface area contributed by atoms with Crippen LogP contribution < -0.4 is 14.8 Å². The lowest BCUT2D eigenvalue weighted by molar-refractivity contribution is -0.116. The third kappa shape index (κ3) is 2.84. The van der Waals surface area contributed by atoms with Crippen LogP contribution in [0.5, 0.6) is 11.5 Å². The summed E-state index contributed by atoms with van der Waals surface area (Å²) in [6.07, 6.45) is 0.270. The van der Waals surface area contributed by atoms with E-state index >= 15 is 0 Å². The van der Waals surface area contributed by atoms with Gasteiger partial charge in [0, 0.05) is 34.1 Å². The van der Waals surface area contributed by atoms with Gasteiger partial charge in [0.25, 0.3) is 0 Å². The van der Waals surface area contributed by atoms with Crippen LogP contribution in [0.2, 0.25) is 10.0 Å². The van der Waals surface area contributed by atoms with E-state index < -0.39 is 0 Å². The molecule has 23 heavy (non-hydrogen) atoms. The predicted molar refractivity (Wildman–Crippen MR) is 91.1 cm³/mol. The second-order valence-electron chi connectivity index (χ2n) is 5.23. The summed E-state index contributed by atoms with van der Waals surface area (Å²) in [4.78, 5) is 12.1. The van der Waals surface area contributed by atoms with Gasteiger partial charge in [-0.3, -0.25) is 4.79 Å². The van der Waals surface area contributed by atoms with Crippen molar-refractivity contribution in [2.24, 2.45) is 0 Å². The van der Waals surface area contributed by atoms with Gasteiger partial charge >= 0.3 is 0 Å². The average molecular weight is 352 g/mol. The summed E-state index contributed by atoms with van der Waals surface area (Å²) in [6.45, 7) is 0. The molecule has 0 saturated heterocycles. The lowest BCUT2D eigenvalue weighted by atomic mass is 9.84. The largest absolute Gasteiger partial charge is 0.493 e. The Hall–Kier alpha value is -1.91. The van der Waals surface area contributed by atoms with Crippen molar-refractivity contribution in [1.82, 2.24) is 0 Å². The van der Waals surface area contributed by atoms with Gasteiger partial charge in [0.05, 0.1) is 14.2 Å². The van der Waals surface area contributed by atoms with Crippen molar-refractivity contribution in [3.63, 3.8) is 0 Å². The first-order valence-corrected chi connectivity index (χ1v) is 7.80. The number of anilines is 1. The highest BCUT2D eigenvalue weighted by Gasteiger charge is 2.31. The fourth-order valence-corrected chi connectivity index (χ4v) is 3.55. The number of ether oxygens (including phenoxy) is 2. The molecule has 2 aromatic carbocycles. The Labute approximate surface area is 144 Å². The van der Waals surface area contributed by atoms with Crippen molar-refractivity contribution in [3.05, 3.63) is 51.5 Å². The van der Waals surface area contributed by atoms with E-state index in [1.54, 1.807) is 38.5 Å². The van der Waals surface area contributed by atoms with Crippen molar-refractivity contribution < 1.29 is 14.3 Å². The monoisotopic (exact) mass is 351 g/mol. The molecule has 0 bridgehead atoms. The molecule has 120 valence electrons. The molecule has 0 aliphatic carbocycles. The molecule has 0 saturated carbocycles. The zero-order chi connectivity index (χ0) is 16.6. The molecular formula is C17H15Cl2NO3. The molecule has 0 fully saturated rings. The van der Waals surface area contributed by atoms with E-state index in [0.717, 1.165) is 11.1 Å². The minimum Gasteiger partial charge on any atom is -0.493 e. The molecule has 3 rings (SSSR count). The highest BCUT2D eigenvalue weighted by atomic mass is 35.5. The van der Waals surface area contributed by atoms with Gasteiger partial charge in [-0.25, -0.2) is 0 Å². The zero-order valence-electron chi connectivity index (χ0n) is 12.7. The topological polar surface area (TPSA) is 47.6 Å². The minimum atomic E-state index is -0.236. The lowest BCUT2D eigenvalue weighted by Gasteiger charge is -2.28. The van der Waals surface area contributed by atoms with Crippen molar-refractivity contribution in [2.75, 3.05) is 19.5 Å². The Morgan fingerprint density at radius 3 is 2.30 bits per heavy atom. The predicted octanol–water partition coefficient (Wildman–Crippen LogP) is 4.48. The fraction of sp³-hybridized carbons (Fsp3) is 0.235. The van der Waals surface area contributed by atoms with Gasteiger partial charge in [-0.05, 0) is 29.3 Å². The number of amides is 1. The van der Waals surface area contributed by atoms with E-state index in [0.29, 0.717) is 27.2 Å². The van der Waals surface area contributed by atoms with Crippen LogP contribution in [0, 0.1) is 0 Å². The number of carbonyl (C=O) groups is 1. The maximum absolute atomic E-state index is 12.1. The van der Waals surface area contributed by atoms with Crippen LogP contribution >= 0.6 is 23.2 Å². The normalized spacial score (nSPS) is 16.5. The number of nitrogens with one attached hydrogen (secondary N) is 1. The standard InChI is InChI=1S/C17H15Cl2NO3/c1-22-14-6-9-10(17-11(18)4-3-5-12(17)19)7-16(21)20-13(9)8-15(14)23-2/h3-6,8,10H,7H2,1-2H3,(H,20,21)/t10-/m0/s1. The van der Waals surface area contributed by atoms with Crippen LogP contribution in [-0.4, -0.2) is 20.1 Å². The quantitative estimate of drug-likeness (QED) is 0.886. The number of halogens is 2. The van der Waals surface area contributed by atoms with Crippen molar-refractivity contribution in [2.45, 2.75) is 12.3 Å². The maximum Gasteiger partial charge on any atom is 0.225 e. The highest BCUT2D eigenvalue weighted by Crippen LogP contribution is 2.46. The smallest absolute Gasteiger partial charge is 0.225 e. The summed E-state index contributed by atoms with van der Waals surface area (Å²) in [5, 5.41) is 3.94. The lowest BCUT2D eigenvalue weighted by Crippen LogP contribution is -2.24. The molecule has 4 nitrogen and oxygen atoms in total. The van der Waals surface area contributed by atoms with Crippen LogP contribution in [0.1, 0.15) is 23.5 Å². The van der Waals surface area contributed by atoms with Gasteiger partial charge in [-0.1, -0.05) is 29.3 Å². The highest BCUT2D eigenvalue weighted by molar-refractivity contribution is 6.36. The summed E-state index contributed by atoms with van der Waals surface area (Å²) in [5.41, 5.74) is 2.33. The van der Waals surface area contributed by atoms with E-state index in [-0.39, 0.29) is 18.2 Å². The van der Waals surface area contributed by atoms with E-state index in [9.17, 15) is 4.79 Å². The van der Waals surface area contributed by atoms with Gasteiger partial charge in [0.15, 0.2) is 11.5 Å². The van der Waals surface area contributed by atoms with Crippen LogP contribution in [-0.2, 0) is 4.79 Å². The third-order valence-corrected chi connectivity index (χ3v) is 4.60. The number of carbonyl (C=O) groups excluding carboxylic acids is 1. The third-order valence-electron chi connectivity index (χ3n) is 3.94. The van der Waals surface area contributed by atoms with E-state index in [1.807, 2.05) is 6.07 Å². The number of hydrogen-bond acceptors (Lipinski definition) is 3. The van der Waals surface area contributed by atoms with Crippen LogP contribution in [0.15, 0.2) is 30.3 Å². The molecule has 1 amide bonds. The molecule has 0 aromatic heterocycles. The molecule has 6 heteroatoms. The maximum atomic E-state index is 12.1. The zero-order valence-corrected chi connectivity index (χ0v) is 14.2. The van der Waals surface area contributed by atoms with E-state index in [2.05, 4.69) is 5.32 Å². The summed E-state index contributed by atoms with van der Waals surface area (Å²) in [6, 6.07) is 8.94. The number of hydrogen-bond donors (Lipinski definition) is 1. The van der Waals surface area contributed by atoms with Crippen LogP contribution in [0.4, 0.5) is 5.69 Å². The van der Waals surface area contributed by atoms with E-state index in [4.69, 9.17) is 32.7 Å². The molecule has 0 radical (unpaired) electrons. The Morgan fingerprint density at radius 2 is 1.70 bits per heavy atom. The first-order chi connectivity index (χ1) is 11.0. The van der Waals surface area contributed by atoms with Crippen LogP contribution in [0.3, 0.4) is 0 Å². The second kappa shape index (κ2) is 6.30. The van der Waals surface area contributed by atoms with Crippen molar-refractivity contribution in [3.8, 4) is 11.5 Å². The average Bonchev–Trinajstić information content (AvgIpc) is 2.53. The van der Waals surface area contributed by atoms with Gasteiger partial charge in [0.1, 0.15) is 0 Å². The first kappa shape index (κ1) is 16.0. The molecule has 2 aromatic rings.